The molecule has 2 nitrogen and oxygen atoms in total. The van der Waals surface area contributed by atoms with Crippen LogP contribution in [0.25, 0.3) is 0 Å². The van der Waals surface area contributed by atoms with Gasteiger partial charge in [0.2, 0.25) is 0 Å². The minimum absolute atomic E-state index is 0. The highest BCUT2D eigenvalue weighted by molar-refractivity contribution is 5.86. The fourth-order valence-electron chi connectivity index (χ4n) is 0.794. The molecule has 0 bridgehead atoms. The van der Waals surface area contributed by atoms with Crippen LogP contribution in [0.3, 0.4) is 0 Å². The summed E-state index contributed by atoms with van der Waals surface area (Å²) in [5, 5.41) is 0. The number of hydrogen-bond donors (Lipinski definition) is 0. The maximum absolute atomic E-state index is 2.25. The lowest BCUT2D eigenvalue weighted by atomic mass is 10.6. The summed E-state index contributed by atoms with van der Waals surface area (Å²) in [5.74, 6) is 0. The number of halogens is 4. The average molecular weight is 288 g/mol. The van der Waals surface area contributed by atoms with Crippen molar-refractivity contribution < 1.29 is 0 Å². The van der Waals surface area contributed by atoms with Crippen molar-refractivity contribution in [3.63, 3.8) is 0 Å². The molecular weight excluding hydrogens is 269 g/mol. The van der Waals surface area contributed by atoms with Crippen LogP contribution in [0.5, 0.6) is 0 Å². The van der Waals surface area contributed by atoms with Gasteiger partial charge in [0, 0.05) is 26.0 Å². The molecule has 0 aromatic carbocycles. The first-order valence-electron chi connectivity index (χ1n) is 2.95. The SMILES string of the molecule is CCN1C=CN(C)C1.Cl.Cl.Cl.Cl.[AlH3]. The summed E-state index contributed by atoms with van der Waals surface area (Å²) in [6.45, 7) is 4.32. The van der Waals surface area contributed by atoms with E-state index in [4.69, 9.17) is 0 Å². The van der Waals surface area contributed by atoms with Gasteiger partial charge in [-0.2, -0.15) is 0 Å². The van der Waals surface area contributed by atoms with E-state index < -0.39 is 0 Å². The van der Waals surface area contributed by atoms with Crippen molar-refractivity contribution in [3.8, 4) is 0 Å². The number of rotatable bonds is 1. The third-order valence-corrected chi connectivity index (χ3v) is 1.34. The second kappa shape index (κ2) is 15.5. The highest BCUT2D eigenvalue weighted by Gasteiger charge is 2.03. The van der Waals surface area contributed by atoms with Crippen LogP contribution >= 0.6 is 49.6 Å². The average Bonchev–Trinajstić information content (AvgIpc) is 2.14. The molecule has 0 unspecified atom stereocenters. The van der Waals surface area contributed by atoms with Crippen molar-refractivity contribution in [1.82, 2.24) is 9.80 Å². The molecule has 1 aliphatic rings. The number of hydrogen-bond acceptors (Lipinski definition) is 2. The van der Waals surface area contributed by atoms with Crippen LogP contribution in [0.4, 0.5) is 0 Å². The van der Waals surface area contributed by atoms with E-state index in [-0.39, 0.29) is 67.0 Å². The van der Waals surface area contributed by atoms with Gasteiger partial charge in [0.15, 0.2) is 17.4 Å². The Labute approximate surface area is 116 Å². The van der Waals surface area contributed by atoms with Crippen molar-refractivity contribution in [2.75, 3.05) is 20.3 Å². The van der Waals surface area contributed by atoms with Gasteiger partial charge in [-0.1, -0.05) is 0 Å². The molecule has 7 heteroatoms. The Bertz CT molecular complexity index is 115. The molecule has 0 aromatic heterocycles. The third kappa shape index (κ3) is 11.0. The van der Waals surface area contributed by atoms with Crippen LogP contribution in [0, 0.1) is 0 Å². The Kier molecular flexibility index (Phi) is 34.8. The van der Waals surface area contributed by atoms with E-state index in [0.717, 1.165) is 13.2 Å². The molecule has 84 valence electrons. The van der Waals surface area contributed by atoms with E-state index >= 15 is 0 Å². The predicted molar refractivity (Wildman–Crippen MR) is 73.1 cm³/mol. The van der Waals surface area contributed by atoms with Crippen LogP contribution in [0.15, 0.2) is 12.4 Å². The van der Waals surface area contributed by atoms with E-state index in [1.807, 2.05) is 0 Å². The van der Waals surface area contributed by atoms with Gasteiger partial charge in [0.25, 0.3) is 0 Å². The van der Waals surface area contributed by atoms with Crippen molar-refractivity contribution in [2.45, 2.75) is 6.92 Å². The predicted octanol–water partition coefficient (Wildman–Crippen LogP) is 1.19. The first-order chi connectivity index (χ1) is 3.83. The van der Waals surface area contributed by atoms with Gasteiger partial charge < -0.3 is 9.80 Å². The van der Waals surface area contributed by atoms with Crippen molar-refractivity contribution in [1.29, 1.82) is 0 Å². The summed E-state index contributed by atoms with van der Waals surface area (Å²) in [4.78, 5) is 4.41. The monoisotopic (exact) mass is 286 g/mol. The molecule has 0 saturated heterocycles. The molecule has 13 heavy (non-hydrogen) atoms. The first-order valence-corrected chi connectivity index (χ1v) is 2.95. The van der Waals surface area contributed by atoms with Gasteiger partial charge in [0.1, 0.15) is 0 Å². The molecule has 0 fully saturated rings. The molecule has 0 amide bonds. The summed E-state index contributed by atoms with van der Waals surface area (Å²) in [6.07, 6.45) is 4.20. The lowest BCUT2D eigenvalue weighted by Gasteiger charge is -2.14. The Hall–Kier alpha value is 1.03. The Balaban J connectivity index is -0.0000000427. The summed E-state index contributed by atoms with van der Waals surface area (Å²) >= 11 is 0. The van der Waals surface area contributed by atoms with E-state index in [1.54, 1.807) is 0 Å². The summed E-state index contributed by atoms with van der Waals surface area (Å²) < 4.78 is 0. The second-order valence-corrected chi connectivity index (χ2v) is 2.10. The minimum Gasteiger partial charge on any atom is -0.362 e. The van der Waals surface area contributed by atoms with Gasteiger partial charge in [-0.15, -0.1) is 49.6 Å². The lowest BCUT2D eigenvalue weighted by molar-refractivity contribution is 0.308. The smallest absolute Gasteiger partial charge is 0.187 e. The molecule has 0 atom stereocenters. The molecular formula is C6H19AlCl4N2. The fourth-order valence-corrected chi connectivity index (χ4v) is 0.794. The second-order valence-electron chi connectivity index (χ2n) is 2.10. The first kappa shape index (κ1) is 29.2. The van der Waals surface area contributed by atoms with Crippen LogP contribution in [0.2, 0.25) is 0 Å². The van der Waals surface area contributed by atoms with Crippen molar-refractivity contribution in [2.24, 2.45) is 0 Å². The molecule has 0 saturated carbocycles. The molecule has 1 heterocycles. The molecule has 0 aliphatic carbocycles. The van der Waals surface area contributed by atoms with Crippen LogP contribution < -0.4 is 0 Å². The maximum Gasteiger partial charge on any atom is 0.187 e. The summed E-state index contributed by atoms with van der Waals surface area (Å²) in [6, 6.07) is 0. The largest absolute Gasteiger partial charge is 0.362 e. The van der Waals surface area contributed by atoms with Crippen molar-refractivity contribution in [3.05, 3.63) is 12.4 Å². The minimum atomic E-state index is 0. The van der Waals surface area contributed by atoms with Gasteiger partial charge in [-0.05, 0) is 6.92 Å². The molecule has 0 spiro atoms. The van der Waals surface area contributed by atoms with Crippen LogP contribution in [-0.2, 0) is 0 Å². The molecule has 0 aromatic rings. The Morgan fingerprint density at radius 3 is 1.69 bits per heavy atom. The summed E-state index contributed by atoms with van der Waals surface area (Å²) in [7, 11) is 2.08. The zero-order chi connectivity index (χ0) is 5.98. The van der Waals surface area contributed by atoms with Gasteiger partial charge in [-0.25, -0.2) is 0 Å². The highest BCUT2D eigenvalue weighted by atomic mass is 35.5. The highest BCUT2D eigenvalue weighted by Crippen LogP contribution is 2.00. The van der Waals surface area contributed by atoms with Crippen LogP contribution in [0.1, 0.15) is 6.92 Å². The van der Waals surface area contributed by atoms with Gasteiger partial charge in [0.05, 0.1) is 6.67 Å². The molecule has 0 radical (unpaired) electrons. The Morgan fingerprint density at radius 1 is 1.08 bits per heavy atom. The van der Waals surface area contributed by atoms with Crippen LogP contribution in [-0.4, -0.2) is 47.4 Å². The van der Waals surface area contributed by atoms with E-state index in [1.165, 1.54) is 0 Å². The van der Waals surface area contributed by atoms with Crippen molar-refractivity contribution >= 4 is 67.0 Å². The van der Waals surface area contributed by atoms with E-state index in [9.17, 15) is 0 Å². The van der Waals surface area contributed by atoms with E-state index in [2.05, 4.69) is 36.2 Å². The Morgan fingerprint density at radius 2 is 1.54 bits per heavy atom. The quantitative estimate of drug-likeness (QED) is 0.669. The molecule has 0 N–H and O–H groups in total. The third-order valence-electron chi connectivity index (χ3n) is 1.34. The lowest BCUT2D eigenvalue weighted by Crippen LogP contribution is -2.21. The fraction of sp³-hybridized carbons (Fsp3) is 0.667. The standard InChI is InChI=1S/C6H12N2.Al.4ClH.3H/c1-3-8-5-4-7(2)6-8;;;;;;;;/h4-5H,3,6H2,1-2H3;;4*1H;;;. The molecule has 1 aliphatic heterocycles. The zero-order valence-electron chi connectivity index (χ0n) is 7.10. The molecule has 1 rings (SSSR count). The number of nitrogens with zero attached hydrogens (tertiary/aromatic N) is 2. The van der Waals surface area contributed by atoms with E-state index in [0.29, 0.717) is 0 Å². The maximum atomic E-state index is 2.25. The van der Waals surface area contributed by atoms with Gasteiger partial charge in [-0.3, -0.25) is 0 Å². The topological polar surface area (TPSA) is 6.48 Å². The van der Waals surface area contributed by atoms with Gasteiger partial charge >= 0.3 is 0 Å². The zero-order valence-corrected chi connectivity index (χ0v) is 10.4. The normalized spacial score (nSPS) is 11.2. The summed E-state index contributed by atoms with van der Waals surface area (Å²) in [5.41, 5.74) is 0.